The number of nitrogens with zero attached hydrogens (tertiary/aromatic N) is 2. The summed E-state index contributed by atoms with van der Waals surface area (Å²) in [5, 5.41) is 9.50. The summed E-state index contributed by atoms with van der Waals surface area (Å²) in [5.41, 5.74) is 0.873. The van der Waals surface area contributed by atoms with Crippen LogP contribution in [0.2, 0.25) is 0 Å². The average Bonchev–Trinajstić information content (AvgIpc) is 2.39. The van der Waals surface area contributed by atoms with Gasteiger partial charge in [0, 0.05) is 18.8 Å². The summed E-state index contributed by atoms with van der Waals surface area (Å²) in [4.78, 5) is 6.84. The predicted molar refractivity (Wildman–Crippen MR) is 76.9 cm³/mol. The zero-order valence-electron chi connectivity index (χ0n) is 12.1. The van der Waals surface area contributed by atoms with Gasteiger partial charge in [-0.05, 0) is 38.3 Å². The maximum absolute atomic E-state index is 9.50. The molecule has 0 fully saturated rings. The lowest BCUT2D eigenvalue weighted by Crippen LogP contribution is -2.34. The second kappa shape index (κ2) is 7.37. The molecule has 0 aliphatic rings. The molecule has 0 aliphatic heterocycles. The summed E-state index contributed by atoms with van der Waals surface area (Å²) in [7, 11) is 0. The molecule has 1 N–H and O–H groups in total. The van der Waals surface area contributed by atoms with Gasteiger partial charge in [0.15, 0.2) is 0 Å². The van der Waals surface area contributed by atoms with Crippen LogP contribution in [-0.4, -0.2) is 22.7 Å². The van der Waals surface area contributed by atoms with Gasteiger partial charge in [0.25, 0.3) is 0 Å². The maximum atomic E-state index is 9.50. The molecule has 2 unspecified atom stereocenters. The highest BCUT2D eigenvalue weighted by molar-refractivity contribution is 5.40. The number of aliphatic hydroxyl groups excluding tert-OH is 1. The fourth-order valence-corrected chi connectivity index (χ4v) is 1.92. The average molecular weight is 250 g/mol. The van der Waals surface area contributed by atoms with E-state index in [1.807, 2.05) is 12.1 Å². The molecule has 0 radical (unpaired) electrons. The summed E-state index contributed by atoms with van der Waals surface area (Å²) < 4.78 is 0. The summed E-state index contributed by atoms with van der Waals surface area (Å²) in [5.74, 6) is 1.02. The molecule has 1 rings (SSSR count). The Kier molecular flexibility index (Phi) is 6.13. The third kappa shape index (κ3) is 3.98. The second-order valence-corrected chi connectivity index (χ2v) is 4.93. The number of pyridine rings is 1. The van der Waals surface area contributed by atoms with Crippen LogP contribution in [0.25, 0.3) is 0 Å². The topological polar surface area (TPSA) is 36.4 Å². The summed E-state index contributed by atoms with van der Waals surface area (Å²) in [6.07, 6.45) is 4.83. The molecule has 0 amide bonds. The van der Waals surface area contributed by atoms with E-state index in [1.54, 1.807) is 13.1 Å². The van der Waals surface area contributed by atoms with Crippen molar-refractivity contribution in [3.63, 3.8) is 0 Å². The molecule has 0 aliphatic carbocycles. The smallest absolute Gasteiger partial charge is 0.128 e. The van der Waals surface area contributed by atoms with Crippen molar-refractivity contribution in [2.75, 3.05) is 11.4 Å². The van der Waals surface area contributed by atoms with Crippen molar-refractivity contribution in [2.24, 2.45) is 0 Å². The zero-order chi connectivity index (χ0) is 13.5. The maximum Gasteiger partial charge on any atom is 0.128 e. The number of hydrogen-bond acceptors (Lipinski definition) is 3. The van der Waals surface area contributed by atoms with Crippen LogP contribution in [-0.2, 0) is 0 Å². The molecule has 0 saturated heterocycles. The van der Waals surface area contributed by atoms with Crippen LogP contribution in [0.15, 0.2) is 18.3 Å². The Balaban J connectivity index is 2.83. The summed E-state index contributed by atoms with van der Waals surface area (Å²) >= 11 is 0. The molecular weight excluding hydrogens is 224 g/mol. The van der Waals surface area contributed by atoms with Crippen LogP contribution in [0, 0.1) is 0 Å². The first-order chi connectivity index (χ1) is 8.60. The van der Waals surface area contributed by atoms with Crippen LogP contribution in [0.4, 0.5) is 5.82 Å². The van der Waals surface area contributed by atoms with Crippen molar-refractivity contribution in [1.82, 2.24) is 4.98 Å². The molecule has 0 spiro atoms. The number of aromatic nitrogens is 1. The molecule has 0 saturated carbocycles. The van der Waals surface area contributed by atoms with Crippen molar-refractivity contribution in [3.05, 3.63) is 23.9 Å². The number of aliphatic hydroxyl groups is 1. The van der Waals surface area contributed by atoms with Gasteiger partial charge in [-0.3, -0.25) is 0 Å². The lowest BCUT2D eigenvalue weighted by molar-refractivity contribution is 0.199. The number of hydrogen-bond donors (Lipinski definition) is 1. The minimum atomic E-state index is -0.445. The molecule has 1 heterocycles. The van der Waals surface area contributed by atoms with E-state index in [1.165, 1.54) is 12.8 Å². The fraction of sp³-hybridized carbons (Fsp3) is 0.667. The van der Waals surface area contributed by atoms with E-state index in [0.29, 0.717) is 6.04 Å². The first-order valence-corrected chi connectivity index (χ1v) is 7.00. The molecule has 3 nitrogen and oxygen atoms in total. The Morgan fingerprint density at radius 2 is 2.00 bits per heavy atom. The zero-order valence-corrected chi connectivity index (χ0v) is 12.1. The quantitative estimate of drug-likeness (QED) is 0.804. The minimum Gasteiger partial charge on any atom is -0.389 e. The minimum absolute atomic E-state index is 0.445. The molecule has 0 bridgehead atoms. The largest absolute Gasteiger partial charge is 0.389 e. The summed E-state index contributed by atoms with van der Waals surface area (Å²) in [6.45, 7) is 9.46. The van der Waals surface area contributed by atoms with Gasteiger partial charge in [0.1, 0.15) is 5.82 Å². The Bertz CT molecular complexity index is 335. The van der Waals surface area contributed by atoms with Crippen LogP contribution in [0.3, 0.4) is 0 Å². The van der Waals surface area contributed by atoms with Crippen molar-refractivity contribution < 1.29 is 5.11 Å². The molecular formula is C15H26N2O. The van der Waals surface area contributed by atoms with Gasteiger partial charge in [-0.15, -0.1) is 0 Å². The van der Waals surface area contributed by atoms with Crippen molar-refractivity contribution >= 4 is 5.82 Å². The normalized spacial score (nSPS) is 14.3. The first kappa shape index (κ1) is 15.0. The van der Waals surface area contributed by atoms with Gasteiger partial charge in [0.2, 0.25) is 0 Å². The summed E-state index contributed by atoms with van der Waals surface area (Å²) in [6, 6.07) is 4.49. The van der Waals surface area contributed by atoms with Crippen LogP contribution in [0.1, 0.15) is 58.6 Å². The highest BCUT2D eigenvalue weighted by atomic mass is 16.3. The molecule has 0 aromatic carbocycles. The van der Waals surface area contributed by atoms with E-state index in [-0.39, 0.29) is 0 Å². The van der Waals surface area contributed by atoms with E-state index in [9.17, 15) is 5.11 Å². The van der Waals surface area contributed by atoms with Gasteiger partial charge < -0.3 is 10.0 Å². The Morgan fingerprint density at radius 3 is 2.44 bits per heavy atom. The molecule has 1 aromatic rings. The molecule has 102 valence electrons. The SMILES string of the molecule is CCCCN(c1ccc(C(C)O)cn1)C(C)CC. The third-order valence-electron chi connectivity index (χ3n) is 3.42. The number of anilines is 1. The van der Waals surface area contributed by atoms with Crippen LogP contribution < -0.4 is 4.90 Å². The van der Waals surface area contributed by atoms with Gasteiger partial charge in [0.05, 0.1) is 6.10 Å². The van der Waals surface area contributed by atoms with Gasteiger partial charge in [-0.1, -0.05) is 26.3 Å². The monoisotopic (exact) mass is 250 g/mol. The van der Waals surface area contributed by atoms with Crippen LogP contribution in [0.5, 0.6) is 0 Å². The third-order valence-corrected chi connectivity index (χ3v) is 3.42. The van der Waals surface area contributed by atoms with E-state index >= 15 is 0 Å². The van der Waals surface area contributed by atoms with Gasteiger partial charge in [-0.2, -0.15) is 0 Å². The van der Waals surface area contributed by atoms with E-state index < -0.39 is 6.10 Å². The molecule has 1 aromatic heterocycles. The Morgan fingerprint density at radius 1 is 1.28 bits per heavy atom. The van der Waals surface area contributed by atoms with E-state index in [4.69, 9.17) is 0 Å². The number of rotatable bonds is 7. The van der Waals surface area contributed by atoms with Gasteiger partial charge >= 0.3 is 0 Å². The molecule has 2 atom stereocenters. The lowest BCUT2D eigenvalue weighted by Gasteiger charge is -2.29. The van der Waals surface area contributed by atoms with Crippen molar-refractivity contribution in [3.8, 4) is 0 Å². The van der Waals surface area contributed by atoms with E-state index in [2.05, 4.69) is 30.7 Å². The van der Waals surface area contributed by atoms with Crippen molar-refractivity contribution in [2.45, 2.75) is 59.1 Å². The highest BCUT2D eigenvalue weighted by Crippen LogP contribution is 2.19. The molecule has 18 heavy (non-hydrogen) atoms. The van der Waals surface area contributed by atoms with Crippen LogP contribution >= 0.6 is 0 Å². The van der Waals surface area contributed by atoms with E-state index in [0.717, 1.165) is 24.3 Å². The first-order valence-electron chi connectivity index (χ1n) is 7.00. The Labute approximate surface area is 111 Å². The highest BCUT2D eigenvalue weighted by Gasteiger charge is 2.13. The number of unbranched alkanes of at least 4 members (excludes halogenated alkanes) is 1. The second-order valence-electron chi connectivity index (χ2n) is 4.93. The molecule has 3 heteroatoms. The predicted octanol–water partition coefficient (Wildman–Crippen LogP) is 3.54. The van der Waals surface area contributed by atoms with Gasteiger partial charge in [-0.25, -0.2) is 4.98 Å². The Hall–Kier alpha value is -1.09. The fourth-order valence-electron chi connectivity index (χ4n) is 1.92. The standard InChI is InChI=1S/C15H26N2O/c1-5-7-10-17(12(3)6-2)15-9-8-14(11-16-15)13(4)18/h8-9,11-13,18H,5-7,10H2,1-4H3. The lowest BCUT2D eigenvalue weighted by atomic mass is 10.1. The van der Waals surface area contributed by atoms with Crippen molar-refractivity contribution in [1.29, 1.82) is 0 Å².